The molecule has 0 spiro atoms. The van der Waals surface area contributed by atoms with Gasteiger partial charge in [0.15, 0.2) is 0 Å². The second-order valence-electron chi connectivity index (χ2n) is 6.09. The molecule has 0 saturated heterocycles. The fourth-order valence-corrected chi connectivity index (χ4v) is 2.95. The summed E-state index contributed by atoms with van der Waals surface area (Å²) in [5.74, 6) is 0. The van der Waals surface area contributed by atoms with Crippen molar-refractivity contribution in [3.63, 3.8) is 0 Å². The Balaban J connectivity index is 0.00000243. The first kappa shape index (κ1) is 20.4. The van der Waals surface area contributed by atoms with Crippen molar-refractivity contribution in [3.05, 3.63) is 71.6 Å². The SMILES string of the molecule is Cl.OC(CN1CC=C(c2cccc(C(F)(F)F)c2)CC1)c1ccccn1. The first-order valence-corrected chi connectivity index (χ1v) is 8.11. The number of alkyl halides is 3. The highest BCUT2D eigenvalue weighted by Crippen LogP contribution is 2.32. The molecule has 0 aliphatic carbocycles. The zero-order valence-corrected chi connectivity index (χ0v) is 14.8. The van der Waals surface area contributed by atoms with Crippen molar-refractivity contribution >= 4 is 18.0 Å². The van der Waals surface area contributed by atoms with E-state index in [2.05, 4.69) is 9.88 Å². The number of halogens is 4. The van der Waals surface area contributed by atoms with Crippen molar-refractivity contribution in [2.45, 2.75) is 18.7 Å². The second kappa shape index (κ2) is 8.66. The summed E-state index contributed by atoms with van der Waals surface area (Å²) in [6.45, 7) is 1.73. The molecular formula is C19H20ClF3N2O. The lowest BCUT2D eigenvalue weighted by molar-refractivity contribution is -0.137. The minimum atomic E-state index is -4.33. The molecule has 1 aromatic heterocycles. The Kier molecular flexibility index (Phi) is 6.81. The summed E-state index contributed by atoms with van der Waals surface area (Å²) in [6.07, 6.45) is -0.782. The van der Waals surface area contributed by atoms with E-state index >= 15 is 0 Å². The highest BCUT2D eigenvalue weighted by molar-refractivity contribution is 5.85. The lowest BCUT2D eigenvalue weighted by atomic mass is 9.97. The van der Waals surface area contributed by atoms with Gasteiger partial charge >= 0.3 is 6.18 Å². The number of aromatic nitrogens is 1. The zero-order chi connectivity index (χ0) is 17.9. The summed E-state index contributed by atoms with van der Waals surface area (Å²) in [5, 5.41) is 10.2. The molecule has 0 radical (unpaired) electrons. The normalized spacial score (nSPS) is 16.5. The summed E-state index contributed by atoms with van der Waals surface area (Å²) in [6, 6.07) is 10.8. The van der Waals surface area contributed by atoms with Crippen LogP contribution in [0, 0.1) is 0 Å². The lowest BCUT2D eigenvalue weighted by Gasteiger charge is -2.28. The van der Waals surface area contributed by atoms with Crippen LogP contribution < -0.4 is 0 Å². The number of β-amino-alcohol motifs (C(OH)–C–C–N with tert-alkyl or cyclic N) is 1. The van der Waals surface area contributed by atoms with Crippen LogP contribution in [0.2, 0.25) is 0 Å². The van der Waals surface area contributed by atoms with Crippen LogP contribution in [-0.2, 0) is 6.18 Å². The fraction of sp³-hybridized carbons (Fsp3) is 0.316. The predicted octanol–water partition coefficient (Wildman–Crippen LogP) is 4.34. The van der Waals surface area contributed by atoms with Crippen LogP contribution in [0.15, 0.2) is 54.7 Å². The zero-order valence-electron chi connectivity index (χ0n) is 14.0. The van der Waals surface area contributed by atoms with E-state index in [1.54, 1.807) is 24.4 Å². The van der Waals surface area contributed by atoms with Gasteiger partial charge in [0.1, 0.15) is 6.10 Å². The van der Waals surface area contributed by atoms with Gasteiger partial charge in [-0.25, -0.2) is 0 Å². The molecule has 1 atom stereocenters. The summed E-state index contributed by atoms with van der Waals surface area (Å²) < 4.78 is 38.5. The number of hydrogen-bond acceptors (Lipinski definition) is 3. The van der Waals surface area contributed by atoms with Gasteiger partial charge in [-0.15, -0.1) is 12.4 Å². The van der Waals surface area contributed by atoms with E-state index in [-0.39, 0.29) is 12.4 Å². The highest BCUT2D eigenvalue weighted by Gasteiger charge is 2.30. The Morgan fingerprint density at radius 1 is 1.15 bits per heavy atom. The molecule has 1 aliphatic heterocycles. The predicted molar refractivity (Wildman–Crippen MR) is 96.9 cm³/mol. The van der Waals surface area contributed by atoms with Gasteiger partial charge in [0.05, 0.1) is 11.3 Å². The van der Waals surface area contributed by atoms with E-state index in [9.17, 15) is 18.3 Å². The van der Waals surface area contributed by atoms with Gasteiger partial charge in [-0.1, -0.05) is 24.3 Å². The van der Waals surface area contributed by atoms with Crippen LogP contribution >= 0.6 is 12.4 Å². The van der Waals surface area contributed by atoms with Gasteiger partial charge < -0.3 is 5.11 Å². The van der Waals surface area contributed by atoms with Crippen molar-refractivity contribution < 1.29 is 18.3 Å². The topological polar surface area (TPSA) is 36.4 Å². The largest absolute Gasteiger partial charge is 0.416 e. The van der Waals surface area contributed by atoms with E-state index in [1.807, 2.05) is 12.1 Å². The third-order valence-electron chi connectivity index (χ3n) is 4.31. The van der Waals surface area contributed by atoms with Crippen molar-refractivity contribution in [3.8, 4) is 0 Å². The van der Waals surface area contributed by atoms with Crippen molar-refractivity contribution in [2.24, 2.45) is 0 Å². The van der Waals surface area contributed by atoms with Crippen LogP contribution in [-0.4, -0.2) is 34.6 Å². The quantitative estimate of drug-likeness (QED) is 0.851. The Bertz CT molecular complexity index is 750. The third kappa shape index (κ3) is 5.06. The Morgan fingerprint density at radius 2 is 1.96 bits per heavy atom. The maximum absolute atomic E-state index is 12.8. The molecule has 1 N–H and O–H groups in total. The Hall–Kier alpha value is -1.89. The van der Waals surface area contributed by atoms with Crippen LogP contribution in [0.5, 0.6) is 0 Å². The average molecular weight is 385 g/mol. The molecule has 0 fully saturated rings. The third-order valence-corrected chi connectivity index (χ3v) is 4.31. The maximum atomic E-state index is 12.8. The molecule has 0 bridgehead atoms. The van der Waals surface area contributed by atoms with E-state index in [0.29, 0.717) is 37.3 Å². The molecule has 26 heavy (non-hydrogen) atoms. The van der Waals surface area contributed by atoms with Gasteiger partial charge in [-0.3, -0.25) is 9.88 Å². The van der Waals surface area contributed by atoms with E-state index in [0.717, 1.165) is 11.6 Å². The number of pyridine rings is 1. The Morgan fingerprint density at radius 3 is 2.58 bits per heavy atom. The van der Waals surface area contributed by atoms with Crippen molar-refractivity contribution in [1.29, 1.82) is 0 Å². The monoisotopic (exact) mass is 384 g/mol. The molecule has 0 saturated carbocycles. The van der Waals surface area contributed by atoms with Gasteiger partial charge in [0, 0.05) is 25.8 Å². The molecular weight excluding hydrogens is 365 g/mol. The fourth-order valence-electron chi connectivity index (χ4n) is 2.95. The number of rotatable bonds is 4. The minimum Gasteiger partial charge on any atom is -0.385 e. The number of aliphatic hydroxyl groups is 1. The van der Waals surface area contributed by atoms with E-state index < -0.39 is 17.8 Å². The molecule has 1 unspecified atom stereocenters. The summed E-state index contributed by atoms with van der Waals surface area (Å²) in [4.78, 5) is 6.21. The van der Waals surface area contributed by atoms with E-state index in [4.69, 9.17) is 0 Å². The summed E-state index contributed by atoms with van der Waals surface area (Å²) in [7, 11) is 0. The maximum Gasteiger partial charge on any atom is 0.416 e. The van der Waals surface area contributed by atoms with Crippen LogP contribution in [0.25, 0.3) is 5.57 Å². The highest BCUT2D eigenvalue weighted by atomic mass is 35.5. The number of hydrogen-bond donors (Lipinski definition) is 1. The number of nitrogens with zero attached hydrogens (tertiary/aromatic N) is 2. The smallest absolute Gasteiger partial charge is 0.385 e. The van der Waals surface area contributed by atoms with Crippen LogP contribution in [0.3, 0.4) is 0 Å². The molecule has 2 aromatic rings. The van der Waals surface area contributed by atoms with Crippen molar-refractivity contribution in [2.75, 3.05) is 19.6 Å². The molecule has 3 rings (SSSR count). The first-order chi connectivity index (χ1) is 11.9. The van der Waals surface area contributed by atoms with Crippen molar-refractivity contribution in [1.82, 2.24) is 9.88 Å². The summed E-state index contributed by atoms with van der Waals surface area (Å²) in [5.41, 5.74) is 1.52. The molecule has 3 nitrogen and oxygen atoms in total. The van der Waals surface area contributed by atoms with Gasteiger partial charge in [0.25, 0.3) is 0 Å². The number of benzene rings is 1. The minimum absolute atomic E-state index is 0. The summed E-state index contributed by atoms with van der Waals surface area (Å²) >= 11 is 0. The van der Waals surface area contributed by atoms with Crippen LogP contribution in [0.4, 0.5) is 13.2 Å². The average Bonchev–Trinajstić information content (AvgIpc) is 2.62. The standard InChI is InChI=1S/C19H19F3N2O.ClH/c20-19(21,22)16-5-3-4-15(12-16)14-7-10-24(11-8-14)13-18(25)17-6-1-2-9-23-17;/h1-7,9,12,18,25H,8,10-11,13H2;1H. The van der Waals surface area contributed by atoms with Crippen LogP contribution in [0.1, 0.15) is 29.3 Å². The molecule has 1 aromatic carbocycles. The molecule has 1 aliphatic rings. The molecule has 0 amide bonds. The molecule has 7 heteroatoms. The molecule has 2 heterocycles. The molecule has 140 valence electrons. The van der Waals surface area contributed by atoms with Gasteiger partial charge in [-0.05, 0) is 41.8 Å². The second-order valence-corrected chi connectivity index (χ2v) is 6.09. The van der Waals surface area contributed by atoms with Gasteiger partial charge in [0.2, 0.25) is 0 Å². The lowest BCUT2D eigenvalue weighted by Crippen LogP contribution is -2.32. The van der Waals surface area contributed by atoms with Gasteiger partial charge in [-0.2, -0.15) is 13.2 Å². The van der Waals surface area contributed by atoms with E-state index in [1.165, 1.54) is 12.1 Å². The number of aliphatic hydroxyl groups excluding tert-OH is 1. The Labute approximate surface area is 156 Å². The first-order valence-electron chi connectivity index (χ1n) is 8.11.